The highest BCUT2D eigenvalue weighted by Gasteiger charge is 2.48. The Bertz CT molecular complexity index is 953. The van der Waals surface area contributed by atoms with Crippen LogP contribution in [0.3, 0.4) is 0 Å². The van der Waals surface area contributed by atoms with E-state index in [1.54, 1.807) is 13.8 Å². The van der Waals surface area contributed by atoms with Gasteiger partial charge in [0.05, 0.1) is 23.7 Å². The van der Waals surface area contributed by atoms with Crippen LogP contribution in [0.15, 0.2) is 49.2 Å². The molecule has 2 N–H and O–H groups in total. The number of hydrogen-bond acceptors (Lipinski definition) is 13. The molecule has 0 spiro atoms. The molecular weight excluding hydrogens is 580 g/mol. The van der Waals surface area contributed by atoms with Gasteiger partial charge in [-0.25, -0.2) is 9.59 Å². The maximum Gasteiger partial charge on any atom is 0.407 e. The quantitative estimate of drug-likeness (QED) is 0.0375. The lowest BCUT2D eigenvalue weighted by molar-refractivity contribution is -0.479. The van der Waals surface area contributed by atoms with Gasteiger partial charge in [-0.1, -0.05) is 39.2 Å². The number of rotatable bonds is 25. The first-order valence-electron chi connectivity index (χ1n) is 14.3. The molecule has 14 heteroatoms. The van der Waals surface area contributed by atoms with Gasteiger partial charge >= 0.3 is 18.0 Å². The summed E-state index contributed by atoms with van der Waals surface area (Å²) in [6.07, 6.45) is 0.587. The second-order valence-electron chi connectivity index (χ2n) is 10.2. The average molecular weight is 629 g/mol. The lowest BCUT2D eigenvalue weighted by Gasteiger charge is -2.46. The first-order valence-corrected chi connectivity index (χ1v) is 14.3. The molecule has 1 saturated heterocycles. The first-order chi connectivity index (χ1) is 20.8. The number of carbonyl (C=O) groups excluding carboxylic acids is 3. The highest BCUT2D eigenvalue weighted by atomic mass is 16.9. The molecule has 1 aliphatic heterocycles. The van der Waals surface area contributed by atoms with Crippen LogP contribution in [0.1, 0.15) is 59.8 Å². The zero-order valence-electron chi connectivity index (χ0n) is 26.4. The van der Waals surface area contributed by atoms with Crippen molar-refractivity contribution in [1.82, 2.24) is 10.6 Å². The van der Waals surface area contributed by atoms with Crippen LogP contribution in [0.2, 0.25) is 0 Å². The number of allylic oxidation sites excluding steroid dienone is 3. The lowest BCUT2D eigenvalue weighted by Crippen LogP contribution is -2.64. The zero-order chi connectivity index (χ0) is 33.0. The Labute approximate surface area is 259 Å². The van der Waals surface area contributed by atoms with Gasteiger partial charge in [-0.2, -0.15) is 0 Å². The molecule has 0 bridgehead atoms. The minimum atomic E-state index is -1.09. The average Bonchev–Trinajstić information content (AvgIpc) is 2.90. The maximum atomic E-state index is 12.2. The van der Waals surface area contributed by atoms with Gasteiger partial charge in [-0.3, -0.25) is 10.1 Å². The minimum Gasteiger partial charge on any atom is -0.473 e. The van der Waals surface area contributed by atoms with Crippen LogP contribution in [0.4, 0.5) is 4.79 Å². The first kappa shape index (κ1) is 38.6. The SMILES string of the molecule is C=C(C)OCOCC1(COCOC(=C)C)OC(NCCCCCCNC(=O)OC(COC(=O)C(=C)C)CC(=O)OC(=C)C)O1. The molecule has 1 amide bonds. The van der Waals surface area contributed by atoms with Crippen molar-refractivity contribution in [3.8, 4) is 0 Å². The van der Waals surface area contributed by atoms with Crippen molar-refractivity contribution in [1.29, 1.82) is 0 Å². The topological polar surface area (TPSA) is 158 Å². The lowest BCUT2D eigenvalue weighted by atomic mass is 10.2. The van der Waals surface area contributed by atoms with Crippen LogP contribution in [-0.4, -0.2) is 82.8 Å². The predicted molar refractivity (Wildman–Crippen MR) is 158 cm³/mol. The molecule has 0 saturated carbocycles. The van der Waals surface area contributed by atoms with Gasteiger partial charge in [0.1, 0.15) is 25.9 Å². The van der Waals surface area contributed by atoms with Crippen LogP contribution < -0.4 is 10.6 Å². The second kappa shape index (κ2) is 21.3. The Hall–Kier alpha value is -3.43. The molecule has 0 aromatic heterocycles. The molecule has 0 aromatic carbocycles. The summed E-state index contributed by atoms with van der Waals surface area (Å²) < 4.78 is 48.3. The molecular formula is C30H48N2O12. The van der Waals surface area contributed by atoms with Gasteiger partial charge in [-0.15, -0.1) is 0 Å². The Morgan fingerprint density at radius 1 is 0.795 bits per heavy atom. The highest BCUT2D eigenvalue weighted by molar-refractivity contribution is 5.87. The fraction of sp³-hybridized carbons (Fsp3) is 0.633. The van der Waals surface area contributed by atoms with Crippen molar-refractivity contribution in [3.63, 3.8) is 0 Å². The van der Waals surface area contributed by atoms with E-state index >= 15 is 0 Å². The van der Waals surface area contributed by atoms with E-state index in [-0.39, 0.29) is 51.2 Å². The van der Waals surface area contributed by atoms with E-state index in [2.05, 4.69) is 36.9 Å². The summed E-state index contributed by atoms with van der Waals surface area (Å²) in [5.41, 5.74) is 0.180. The van der Waals surface area contributed by atoms with Crippen LogP contribution in [0, 0.1) is 0 Å². The number of hydrogen-bond donors (Lipinski definition) is 2. The van der Waals surface area contributed by atoms with Gasteiger partial charge in [0, 0.05) is 12.1 Å². The minimum absolute atomic E-state index is 0.00624. The van der Waals surface area contributed by atoms with E-state index in [1.165, 1.54) is 13.8 Å². The predicted octanol–water partition coefficient (Wildman–Crippen LogP) is 3.89. The van der Waals surface area contributed by atoms with E-state index in [9.17, 15) is 14.4 Å². The number of esters is 2. The van der Waals surface area contributed by atoms with Crippen molar-refractivity contribution in [2.45, 2.75) is 78.1 Å². The summed E-state index contributed by atoms with van der Waals surface area (Å²) in [5.74, 6) is -1.16. The Balaban J connectivity index is 2.27. The molecule has 1 fully saturated rings. The largest absolute Gasteiger partial charge is 0.473 e. The third-order valence-corrected chi connectivity index (χ3v) is 5.45. The summed E-state index contributed by atoms with van der Waals surface area (Å²) in [4.78, 5) is 35.9. The summed E-state index contributed by atoms with van der Waals surface area (Å²) in [5, 5.41) is 5.79. The number of amides is 1. The standard InChI is InChI=1S/C30H48N2O12/c1-21(2)27(34)38-16-25(15-26(33)41-24(7)8)42-28(35)31-13-11-9-10-12-14-32-29-43-30(44-29,17-36-19-39-22(3)4)18-37-20-40-23(5)6/h25,29,32H,1,3,5,7,9-20H2,2,4,6,8H3,(H,31,35). The smallest absolute Gasteiger partial charge is 0.407 e. The summed E-state index contributed by atoms with van der Waals surface area (Å²) in [6, 6.07) is 0. The molecule has 1 aliphatic rings. The summed E-state index contributed by atoms with van der Waals surface area (Å²) in [6.45, 7) is 21.6. The van der Waals surface area contributed by atoms with E-state index < -0.39 is 36.3 Å². The Morgan fingerprint density at radius 2 is 1.36 bits per heavy atom. The number of nitrogens with one attached hydrogen (secondary N) is 2. The second-order valence-corrected chi connectivity index (χ2v) is 10.2. The van der Waals surface area contributed by atoms with Crippen molar-refractivity contribution in [3.05, 3.63) is 49.2 Å². The van der Waals surface area contributed by atoms with Gasteiger partial charge in [0.25, 0.3) is 0 Å². The molecule has 14 nitrogen and oxygen atoms in total. The van der Waals surface area contributed by atoms with Gasteiger partial charge < -0.3 is 47.9 Å². The van der Waals surface area contributed by atoms with E-state index in [4.69, 9.17) is 42.6 Å². The number of alkyl carbamates (subject to hydrolysis) is 1. The maximum absolute atomic E-state index is 12.2. The molecule has 250 valence electrons. The number of carbonyl (C=O) groups is 3. The molecule has 1 rings (SSSR count). The summed E-state index contributed by atoms with van der Waals surface area (Å²) >= 11 is 0. The van der Waals surface area contributed by atoms with E-state index in [0.717, 1.165) is 19.3 Å². The Kier molecular flexibility index (Phi) is 18.7. The fourth-order valence-corrected chi connectivity index (χ4v) is 3.39. The Morgan fingerprint density at radius 3 is 1.89 bits per heavy atom. The van der Waals surface area contributed by atoms with Crippen LogP contribution in [0.25, 0.3) is 0 Å². The fourth-order valence-electron chi connectivity index (χ4n) is 3.39. The van der Waals surface area contributed by atoms with Gasteiger partial charge in [-0.05, 0) is 47.1 Å². The molecule has 1 unspecified atom stereocenters. The molecule has 1 atom stereocenters. The zero-order valence-corrected chi connectivity index (χ0v) is 26.4. The van der Waals surface area contributed by atoms with Crippen LogP contribution in [-0.2, 0) is 52.2 Å². The van der Waals surface area contributed by atoms with Crippen molar-refractivity contribution in [2.75, 3.05) is 46.5 Å². The van der Waals surface area contributed by atoms with Crippen LogP contribution in [0.5, 0.6) is 0 Å². The third kappa shape index (κ3) is 18.3. The van der Waals surface area contributed by atoms with E-state index in [0.29, 0.717) is 31.0 Å². The normalized spacial score (nSPS) is 14.4. The molecule has 0 aliphatic carbocycles. The van der Waals surface area contributed by atoms with E-state index in [1.807, 2.05) is 0 Å². The van der Waals surface area contributed by atoms with Crippen molar-refractivity contribution >= 4 is 18.0 Å². The number of ether oxygens (including phenoxy) is 9. The molecule has 44 heavy (non-hydrogen) atoms. The summed E-state index contributed by atoms with van der Waals surface area (Å²) in [7, 11) is 0. The third-order valence-electron chi connectivity index (χ3n) is 5.45. The van der Waals surface area contributed by atoms with Gasteiger partial charge in [0.15, 0.2) is 13.6 Å². The van der Waals surface area contributed by atoms with Crippen molar-refractivity contribution < 1.29 is 57.0 Å². The molecule has 1 heterocycles. The number of unbranched alkanes of at least 4 members (excludes halogenated alkanes) is 3. The monoisotopic (exact) mass is 628 g/mol. The molecule has 0 radical (unpaired) electrons. The van der Waals surface area contributed by atoms with Crippen LogP contribution >= 0.6 is 0 Å². The molecule has 0 aromatic rings. The highest BCUT2D eigenvalue weighted by Crippen LogP contribution is 2.29. The van der Waals surface area contributed by atoms with Crippen molar-refractivity contribution in [2.24, 2.45) is 0 Å². The van der Waals surface area contributed by atoms with Gasteiger partial charge in [0.2, 0.25) is 12.2 Å².